The van der Waals surface area contributed by atoms with Gasteiger partial charge in [0, 0.05) is 0 Å². The predicted octanol–water partition coefficient (Wildman–Crippen LogP) is -7.33. The van der Waals surface area contributed by atoms with E-state index in [2.05, 4.69) is 37.6 Å². The highest BCUT2D eigenvalue weighted by atomic mass is 32.3. The van der Waals surface area contributed by atoms with E-state index in [0.29, 0.717) is 0 Å². The molecule has 1 saturated heterocycles. The van der Waals surface area contributed by atoms with E-state index in [0.717, 1.165) is 0 Å². The summed E-state index contributed by atoms with van der Waals surface area (Å²) in [4.78, 5) is 0. The lowest BCUT2D eigenvalue weighted by atomic mass is 9.99. The van der Waals surface area contributed by atoms with Gasteiger partial charge in [0.1, 0.15) is 42.7 Å². The first-order valence-electron chi connectivity index (χ1n) is 12.7. The minimum absolute atomic E-state index is 1.84. The second-order valence-electron chi connectivity index (χ2n) is 9.64. The van der Waals surface area contributed by atoms with Crippen LogP contribution >= 0.6 is 0 Å². The van der Waals surface area contributed by atoms with Crippen LogP contribution in [0.4, 0.5) is 0 Å². The Bertz CT molecular complexity index is 2330. The van der Waals surface area contributed by atoms with E-state index < -0.39 is 169 Å². The Labute approximate surface area is 327 Å². The van der Waals surface area contributed by atoms with Gasteiger partial charge in [-0.15, -0.1) is 0 Å². The first-order valence-corrected chi connectivity index (χ1v) is 24.7. The van der Waals surface area contributed by atoms with Crippen molar-refractivity contribution in [3.63, 3.8) is 0 Å². The third-order valence-electron chi connectivity index (χ3n) is 5.45. The highest BCUT2D eigenvalue weighted by Gasteiger charge is 2.54. The maximum atomic E-state index is 11.8. The topological polar surface area (TPSA) is 577 Å². The van der Waals surface area contributed by atoms with Crippen molar-refractivity contribution in [1.82, 2.24) is 0 Å². The van der Waals surface area contributed by atoms with Gasteiger partial charge in [0.25, 0.3) is 0 Å². The van der Waals surface area contributed by atoms with Crippen LogP contribution in [0.3, 0.4) is 0 Å². The number of ether oxygens (including phenoxy) is 2. The summed E-state index contributed by atoms with van der Waals surface area (Å²) in [7, 11) is -49.0. The quantitative estimate of drug-likeness (QED) is 0.0295. The minimum atomic E-state index is -6.40. The zero-order valence-electron chi connectivity index (χ0n) is 26.4. The van der Waals surface area contributed by atoms with Gasteiger partial charge < -0.3 is 14.0 Å². The van der Waals surface area contributed by atoms with E-state index in [-0.39, 0.29) is 0 Å². The summed E-state index contributed by atoms with van der Waals surface area (Å²) in [5.41, 5.74) is 0. The van der Waals surface area contributed by atoms with Crippen molar-refractivity contribution >= 4 is 94.6 Å². The van der Waals surface area contributed by atoms with Crippen LogP contribution < -0.4 is 0 Å². The van der Waals surface area contributed by atoms with Crippen LogP contribution in [0.1, 0.15) is 0 Å². The number of hydrogen-bond donors (Lipinski definition) is 8. The van der Waals surface area contributed by atoms with Crippen LogP contribution in [0.2, 0.25) is 0 Å². The fourth-order valence-corrected chi connectivity index (χ4v) is 7.94. The average Bonchev–Trinajstić information content (AvgIpc) is 2.92. The molecule has 46 heteroatoms. The summed E-state index contributed by atoms with van der Waals surface area (Å²) < 4.78 is 327. The Balaban J connectivity index is 4.20. The molecule has 0 aliphatic carbocycles. The van der Waals surface area contributed by atoms with Gasteiger partial charge in [-0.25, -0.2) is 37.7 Å². The van der Waals surface area contributed by atoms with Gasteiger partial charge in [-0.05, 0) is 0 Å². The SMILES string of the molecule is O=S([O-])O[C@H]1[C@H](OS(=O)(=O)O)[C@@H](OS(=O)(=O)O)[C@H](OC[C@@H](OS(=O)(=O)O)[C@@H](OS(=O)(=O)O)[C@H](OS(=O)(=O)O)[C@H](COS(=O)(=O)O)OS(=O)(=O)O)O[C@@H]1COS(=O)(=O)O. The molecule has 37 nitrogen and oxygen atoms in total. The fourth-order valence-electron chi connectivity index (χ4n) is 3.95. The third kappa shape index (κ3) is 23.8. The molecule has 0 amide bonds. The molecule has 58 heavy (non-hydrogen) atoms. The van der Waals surface area contributed by atoms with E-state index in [9.17, 15) is 98.9 Å². The molecule has 8 N–H and O–H groups in total. The Morgan fingerprint density at radius 1 is 0.500 bits per heavy atom. The van der Waals surface area contributed by atoms with Gasteiger partial charge in [-0.3, -0.25) is 40.6 Å². The van der Waals surface area contributed by atoms with E-state index in [1.54, 1.807) is 0 Å². The lowest BCUT2D eigenvalue weighted by molar-refractivity contribution is -0.291. The molecule has 0 aromatic rings. The first-order chi connectivity index (χ1) is 25.5. The molecule has 0 aromatic heterocycles. The summed E-state index contributed by atoms with van der Waals surface area (Å²) in [6.45, 7) is -6.40. The van der Waals surface area contributed by atoms with Crippen molar-refractivity contribution in [3.8, 4) is 0 Å². The molecule has 348 valence electrons. The molecule has 1 aliphatic heterocycles. The lowest BCUT2D eigenvalue weighted by Gasteiger charge is -2.44. The Morgan fingerprint density at radius 2 is 0.879 bits per heavy atom. The van der Waals surface area contributed by atoms with Gasteiger partial charge in [-0.1, -0.05) is 0 Å². The molecule has 1 fully saturated rings. The first kappa shape index (κ1) is 55.0. The lowest BCUT2D eigenvalue weighted by Crippen LogP contribution is -2.63. The van der Waals surface area contributed by atoms with Gasteiger partial charge in [0.05, 0.1) is 31.2 Å². The van der Waals surface area contributed by atoms with Crippen LogP contribution in [0, 0.1) is 0 Å². The number of hydrogen-bond acceptors (Lipinski definition) is 29. The second kappa shape index (κ2) is 20.4. The van der Waals surface area contributed by atoms with Crippen LogP contribution in [0.15, 0.2) is 0 Å². The Hall–Kier alpha value is -1.05. The molecule has 0 bridgehead atoms. The zero-order valence-corrected chi connectivity index (χ0v) is 33.8. The standard InChI is InChI=1S/C12H24O37S9/c13-50(14)43-7-4(2-40-51(15,16)17)42-12(11(49-58(36,37)38)10(7)48-57(33,34)35)39-1-5(44-53(21,22)23)8(46-55(27,28)29)9(47-56(30,31)32)6(45-54(24,25)26)3-41-52(18,19)20/h4-12H,1-3H2,(H,13,14)(H,15,16,17)(H,18,19,20)(H,21,22,23)(H,24,25,26)(H,27,28,29)(H,30,31,32)(H,33,34,35)(H,36,37,38)/p-1/t4-,5-,6+,7-,8-,9-,10+,11-,12-/m1/s1. The normalized spacial score (nSPS) is 24.7. The van der Waals surface area contributed by atoms with Crippen molar-refractivity contribution in [2.24, 2.45) is 0 Å². The molecule has 0 aromatic carbocycles. The molecule has 0 radical (unpaired) electrons. The molecule has 0 saturated carbocycles. The van der Waals surface area contributed by atoms with Crippen molar-refractivity contribution in [3.05, 3.63) is 0 Å². The molecule has 1 unspecified atom stereocenters. The molecular formula is C12H23O37S9-. The monoisotopic (exact) mass is 1050 g/mol. The van der Waals surface area contributed by atoms with Gasteiger partial charge in [-0.2, -0.15) is 67.3 Å². The molecule has 10 atom stereocenters. The maximum absolute atomic E-state index is 11.8. The Kier molecular flexibility index (Phi) is 19.4. The molecular weight excluding hydrogens is 1020 g/mol. The van der Waals surface area contributed by atoms with Gasteiger partial charge in [0.2, 0.25) is 0 Å². The largest absolute Gasteiger partial charge is 0.750 e. The predicted molar refractivity (Wildman–Crippen MR) is 162 cm³/mol. The van der Waals surface area contributed by atoms with E-state index in [4.69, 9.17) is 23.1 Å². The molecule has 1 rings (SSSR count). The van der Waals surface area contributed by atoms with Crippen molar-refractivity contribution in [2.75, 3.05) is 19.8 Å². The van der Waals surface area contributed by atoms with Crippen LogP contribution in [0.25, 0.3) is 0 Å². The maximum Gasteiger partial charge on any atom is 0.397 e. The minimum Gasteiger partial charge on any atom is -0.750 e. The summed E-state index contributed by atoms with van der Waals surface area (Å²) >= 11 is -3.97. The van der Waals surface area contributed by atoms with Crippen molar-refractivity contribution < 1.29 is 160 Å². The zero-order chi connectivity index (χ0) is 45.7. The van der Waals surface area contributed by atoms with Crippen molar-refractivity contribution in [1.29, 1.82) is 0 Å². The Morgan fingerprint density at radius 3 is 1.22 bits per heavy atom. The summed E-state index contributed by atoms with van der Waals surface area (Å²) in [5, 5.41) is 0. The average molecular weight is 1050 g/mol. The van der Waals surface area contributed by atoms with Crippen molar-refractivity contribution in [2.45, 2.75) is 55.1 Å². The summed E-state index contributed by atoms with van der Waals surface area (Å²) in [6, 6.07) is 0. The fraction of sp³-hybridized carbons (Fsp3) is 1.00. The van der Waals surface area contributed by atoms with E-state index in [1.807, 2.05) is 0 Å². The van der Waals surface area contributed by atoms with E-state index in [1.165, 1.54) is 0 Å². The van der Waals surface area contributed by atoms with Gasteiger partial charge >= 0.3 is 83.2 Å². The van der Waals surface area contributed by atoms with Gasteiger partial charge in [0.15, 0.2) is 12.4 Å². The van der Waals surface area contributed by atoms with E-state index >= 15 is 0 Å². The molecule has 0 spiro atoms. The second-order valence-corrected chi connectivity index (χ2v) is 18.7. The van der Waals surface area contributed by atoms with Crippen LogP contribution in [-0.2, 0) is 142 Å². The third-order valence-corrected chi connectivity index (χ3v) is 9.54. The smallest absolute Gasteiger partial charge is 0.397 e. The molecule has 1 heterocycles. The summed E-state index contributed by atoms with van der Waals surface area (Å²) in [5.74, 6) is 0. The van der Waals surface area contributed by atoms with Crippen LogP contribution in [0.5, 0.6) is 0 Å². The molecule has 1 aliphatic rings. The summed E-state index contributed by atoms with van der Waals surface area (Å²) in [6.07, 6.45) is -29.8. The highest BCUT2D eigenvalue weighted by Crippen LogP contribution is 2.33. The number of rotatable bonds is 26. The highest BCUT2D eigenvalue weighted by molar-refractivity contribution is 7.82. The van der Waals surface area contributed by atoms with Crippen LogP contribution in [-0.4, -0.2) is 187 Å².